The van der Waals surface area contributed by atoms with Crippen molar-refractivity contribution in [1.82, 2.24) is 35.3 Å². The molecule has 4 aromatic heterocycles. The zero-order valence-corrected chi connectivity index (χ0v) is 17.8. The van der Waals surface area contributed by atoms with Gasteiger partial charge in [-0.05, 0) is 25.7 Å². The first-order chi connectivity index (χ1) is 15.7. The van der Waals surface area contributed by atoms with E-state index >= 15 is 0 Å². The minimum Gasteiger partial charge on any atom is -0.358 e. The van der Waals surface area contributed by atoms with Crippen LogP contribution in [0, 0.1) is 0 Å². The largest absolute Gasteiger partial charge is 0.358 e. The number of rotatable bonds is 6. The first kappa shape index (κ1) is 19.2. The quantitative estimate of drug-likeness (QED) is 0.415. The highest BCUT2D eigenvalue weighted by molar-refractivity contribution is 6.29. The Hall–Kier alpha value is -3.53. The Kier molecular flexibility index (Phi) is 4.71. The van der Waals surface area contributed by atoms with Crippen LogP contribution in [0.5, 0.6) is 0 Å². The van der Waals surface area contributed by atoms with E-state index in [2.05, 4.69) is 40.5 Å². The van der Waals surface area contributed by atoms with E-state index in [0.717, 1.165) is 36.7 Å². The summed E-state index contributed by atoms with van der Waals surface area (Å²) in [4.78, 5) is 19.7. The van der Waals surface area contributed by atoms with E-state index in [9.17, 15) is 0 Å². The Labute approximate surface area is 188 Å². The first-order valence-electron chi connectivity index (χ1n) is 10.6. The number of aromatic nitrogens is 7. The number of aromatic amines is 1. The zero-order chi connectivity index (χ0) is 21.5. The van der Waals surface area contributed by atoms with E-state index in [1.165, 1.54) is 12.8 Å². The molecule has 1 atom stereocenters. The van der Waals surface area contributed by atoms with Crippen LogP contribution in [0.1, 0.15) is 49.1 Å². The number of nitrogens with zero attached hydrogens (tertiary/aromatic N) is 7. The molecule has 1 saturated carbocycles. The number of hydrogen-bond acceptors (Lipinski definition) is 9. The first-order valence-corrected chi connectivity index (χ1v) is 11.0. The number of H-pyrrole nitrogens is 1. The molecule has 162 valence electrons. The number of anilines is 3. The van der Waals surface area contributed by atoms with Gasteiger partial charge in [-0.3, -0.25) is 15.1 Å². The average Bonchev–Trinajstić information content (AvgIpc) is 3.20. The summed E-state index contributed by atoms with van der Waals surface area (Å²) in [6.07, 6.45) is 9.22. The van der Waals surface area contributed by atoms with E-state index in [-0.39, 0.29) is 6.04 Å². The Morgan fingerprint density at radius 3 is 2.84 bits per heavy atom. The molecule has 32 heavy (non-hydrogen) atoms. The molecule has 1 saturated heterocycles. The number of hydrogen-bond donors (Lipinski definition) is 2. The van der Waals surface area contributed by atoms with Crippen LogP contribution >= 0.6 is 11.6 Å². The van der Waals surface area contributed by atoms with Crippen LogP contribution in [0.15, 0.2) is 41.3 Å². The monoisotopic (exact) mass is 449 g/mol. The topological polar surface area (TPSA) is 122 Å². The van der Waals surface area contributed by atoms with Gasteiger partial charge in [0.1, 0.15) is 22.4 Å². The summed E-state index contributed by atoms with van der Waals surface area (Å²) in [5.41, 5.74) is 2.47. The molecule has 2 fully saturated rings. The zero-order valence-electron chi connectivity index (χ0n) is 17.1. The minimum atomic E-state index is -0.0360. The third kappa shape index (κ3) is 3.77. The summed E-state index contributed by atoms with van der Waals surface area (Å²) in [7, 11) is 0. The van der Waals surface area contributed by atoms with Gasteiger partial charge in [-0.25, -0.2) is 4.98 Å². The molecule has 1 aliphatic heterocycles. The van der Waals surface area contributed by atoms with Crippen LogP contribution in [0.4, 0.5) is 17.6 Å². The Balaban J connectivity index is 1.25. The highest BCUT2D eigenvalue weighted by Crippen LogP contribution is 2.40. The molecule has 0 unspecified atom stereocenters. The summed E-state index contributed by atoms with van der Waals surface area (Å²) in [5, 5.41) is 15.2. The summed E-state index contributed by atoms with van der Waals surface area (Å²) in [6.45, 7) is 0.792. The van der Waals surface area contributed by atoms with Crippen LogP contribution in [0.3, 0.4) is 0 Å². The van der Waals surface area contributed by atoms with Gasteiger partial charge in [-0.1, -0.05) is 16.8 Å². The normalized spacial score (nSPS) is 18.3. The van der Waals surface area contributed by atoms with Crippen LogP contribution in [0.2, 0.25) is 5.15 Å². The minimum absolute atomic E-state index is 0.0360. The van der Waals surface area contributed by atoms with E-state index in [1.807, 2.05) is 12.1 Å². The van der Waals surface area contributed by atoms with Gasteiger partial charge in [0.15, 0.2) is 11.6 Å². The van der Waals surface area contributed by atoms with Crippen LogP contribution < -0.4 is 10.2 Å². The molecule has 2 aliphatic rings. The van der Waals surface area contributed by atoms with Crippen LogP contribution in [-0.4, -0.2) is 41.8 Å². The Morgan fingerprint density at radius 1 is 1.06 bits per heavy atom. The predicted molar refractivity (Wildman–Crippen MR) is 118 cm³/mol. The molecule has 0 aromatic carbocycles. The Morgan fingerprint density at radius 2 is 2.00 bits per heavy atom. The molecule has 0 amide bonds. The van der Waals surface area contributed by atoms with Crippen molar-refractivity contribution in [3.05, 3.63) is 53.4 Å². The Bertz CT molecular complexity index is 1240. The van der Waals surface area contributed by atoms with Gasteiger partial charge in [0, 0.05) is 48.7 Å². The summed E-state index contributed by atoms with van der Waals surface area (Å²) < 4.78 is 5.66. The van der Waals surface area contributed by atoms with Gasteiger partial charge in [0.05, 0.1) is 12.2 Å². The van der Waals surface area contributed by atoms with Gasteiger partial charge in [0.25, 0.3) is 0 Å². The molecule has 1 aliphatic carbocycles. The fourth-order valence-electron chi connectivity index (χ4n) is 4.03. The molecule has 5 heterocycles. The lowest BCUT2D eigenvalue weighted by atomic mass is 10.1. The fourth-order valence-corrected chi connectivity index (χ4v) is 4.21. The van der Waals surface area contributed by atoms with Crippen molar-refractivity contribution in [2.24, 2.45) is 0 Å². The summed E-state index contributed by atoms with van der Waals surface area (Å²) in [6, 6.07) is 5.59. The van der Waals surface area contributed by atoms with Crippen molar-refractivity contribution in [2.75, 3.05) is 16.8 Å². The van der Waals surface area contributed by atoms with Gasteiger partial charge in [-0.15, -0.1) is 0 Å². The average molecular weight is 450 g/mol. The second kappa shape index (κ2) is 7.86. The maximum Gasteiger partial charge on any atom is 0.229 e. The van der Waals surface area contributed by atoms with Crippen molar-refractivity contribution in [2.45, 2.75) is 37.6 Å². The van der Waals surface area contributed by atoms with Gasteiger partial charge < -0.3 is 14.7 Å². The lowest BCUT2D eigenvalue weighted by Crippen LogP contribution is -2.24. The van der Waals surface area contributed by atoms with E-state index < -0.39 is 0 Å². The van der Waals surface area contributed by atoms with E-state index in [0.29, 0.717) is 34.2 Å². The second-order valence-corrected chi connectivity index (χ2v) is 8.43. The van der Waals surface area contributed by atoms with Crippen LogP contribution in [-0.2, 0) is 0 Å². The van der Waals surface area contributed by atoms with E-state index in [1.54, 1.807) is 24.7 Å². The lowest BCUT2D eigenvalue weighted by molar-refractivity contribution is 0.362. The molecule has 6 rings (SSSR count). The summed E-state index contributed by atoms with van der Waals surface area (Å²) in [5.74, 6) is 3.19. The molecule has 2 N–H and O–H groups in total. The lowest BCUT2D eigenvalue weighted by Gasteiger charge is -2.23. The standard InChI is InChI=1S/C21H20ClN9O/c22-18-10-19(26-20-9-13(28-29-20)12-3-4-12)27-21(25-18)31-7-1-2-16(31)17-8-14(30-32-17)15-11-23-5-6-24-15/h5-6,8-12,16H,1-4,7H2,(H2,25,26,27,28,29)/t16-/m0/s1. The van der Waals surface area contributed by atoms with Gasteiger partial charge in [0.2, 0.25) is 5.95 Å². The highest BCUT2D eigenvalue weighted by atomic mass is 35.5. The molecule has 0 spiro atoms. The number of nitrogens with one attached hydrogen (secondary N) is 2. The van der Waals surface area contributed by atoms with Crippen molar-refractivity contribution in [3.8, 4) is 11.4 Å². The second-order valence-electron chi connectivity index (χ2n) is 8.04. The molecule has 0 bridgehead atoms. The van der Waals surface area contributed by atoms with Gasteiger partial charge in [-0.2, -0.15) is 10.1 Å². The smallest absolute Gasteiger partial charge is 0.229 e. The fraction of sp³-hybridized carbons (Fsp3) is 0.333. The molecular formula is C21H20ClN9O. The maximum atomic E-state index is 6.34. The SMILES string of the molecule is Clc1cc(Nc2cc(C3CC3)[nH]n2)nc(N2CCC[C@H]2c2cc(-c3cnccn3)no2)n1. The molecule has 11 heteroatoms. The number of halogens is 1. The third-order valence-electron chi connectivity index (χ3n) is 5.75. The molecule has 0 radical (unpaired) electrons. The summed E-state index contributed by atoms with van der Waals surface area (Å²) >= 11 is 6.34. The van der Waals surface area contributed by atoms with E-state index in [4.69, 9.17) is 21.1 Å². The van der Waals surface area contributed by atoms with Crippen molar-refractivity contribution < 1.29 is 4.52 Å². The van der Waals surface area contributed by atoms with Crippen LogP contribution in [0.25, 0.3) is 11.4 Å². The third-order valence-corrected chi connectivity index (χ3v) is 5.94. The highest BCUT2D eigenvalue weighted by Gasteiger charge is 2.32. The van der Waals surface area contributed by atoms with Crippen molar-refractivity contribution in [1.29, 1.82) is 0 Å². The molecular weight excluding hydrogens is 430 g/mol. The predicted octanol–water partition coefficient (Wildman–Crippen LogP) is 4.26. The molecule has 10 nitrogen and oxygen atoms in total. The maximum absolute atomic E-state index is 6.34. The van der Waals surface area contributed by atoms with Crippen molar-refractivity contribution >= 4 is 29.2 Å². The van der Waals surface area contributed by atoms with Gasteiger partial charge >= 0.3 is 0 Å². The van der Waals surface area contributed by atoms with Crippen molar-refractivity contribution in [3.63, 3.8) is 0 Å². The molecule has 4 aromatic rings.